The second-order valence-electron chi connectivity index (χ2n) is 5.67. The zero-order valence-electron chi connectivity index (χ0n) is 13.1. The Kier molecular flexibility index (Phi) is 6.25. The third-order valence-corrected chi connectivity index (χ3v) is 3.72. The van der Waals surface area contributed by atoms with Gasteiger partial charge >= 0.3 is 0 Å². The first-order chi connectivity index (χ1) is 10.3. The van der Waals surface area contributed by atoms with E-state index in [1.165, 1.54) is 38.5 Å². The second-order valence-corrected chi connectivity index (χ2v) is 5.67. The topological polar surface area (TPSA) is 42.7 Å². The SMILES string of the molecule is CCCCCCCC(C)Nc1cccc(-n2cnnc2)c1. The molecule has 0 saturated carbocycles. The summed E-state index contributed by atoms with van der Waals surface area (Å²) in [7, 11) is 0. The molecule has 1 aromatic heterocycles. The zero-order chi connectivity index (χ0) is 14.9. The van der Waals surface area contributed by atoms with Gasteiger partial charge in [-0.05, 0) is 31.5 Å². The van der Waals surface area contributed by atoms with Gasteiger partial charge in [-0.1, -0.05) is 45.1 Å². The Morgan fingerprint density at radius 1 is 1.10 bits per heavy atom. The molecule has 0 spiro atoms. The van der Waals surface area contributed by atoms with Crippen LogP contribution in [0.2, 0.25) is 0 Å². The van der Waals surface area contributed by atoms with Gasteiger partial charge in [-0.2, -0.15) is 0 Å². The third-order valence-electron chi connectivity index (χ3n) is 3.72. The van der Waals surface area contributed by atoms with Gasteiger partial charge in [-0.15, -0.1) is 10.2 Å². The van der Waals surface area contributed by atoms with Crippen molar-refractivity contribution in [2.75, 3.05) is 5.32 Å². The molecule has 114 valence electrons. The predicted molar refractivity (Wildman–Crippen MR) is 87.8 cm³/mol. The van der Waals surface area contributed by atoms with Crippen molar-refractivity contribution in [3.8, 4) is 5.69 Å². The lowest BCUT2D eigenvalue weighted by Gasteiger charge is -2.16. The maximum absolute atomic E-state index is 3.85. The number of unbranched alkanes of at least 4 members (excludes halogenated alkanes) is 4. The van der Waals surface area contributed by atoms with Gasteiger partial charge in [0.25, 0.3) is 0 Å². The summed E-state index contributed by atoms with van der Waals surface area (Å²) in [5, 5.41) is 11.3. The standard InChI is InChI=1S/C17H26N4/c1-3-4-5-6-7-9-15(2)20-16-10-8-11-17(12-16)21-13-18-19-14-21/h8,10-15,20H,3-7,9H2,1-2H3. The lowest BCUT2D eigenvalue weighted by molar-refractivity contribution is 0.578. The van der Waals surface area contributed by atoms with Gasteiger partial charge in [-0.25, -0.2) is 0 Å². The maximum Gasteiger partial charge on any atom is 0.123 e. The number of benzene rings is 1. The Hall–Kier alpha value is -1.84. The average Bonchev–Trinajstić information content (AvgIpc) is 3.01. The molecule has 0 radical (unpaired) electrons. The summed E-state index contributed by atoms with van der Waals surface area (Å²) < 4.78 is 1.92. The van der Waals surface area contributed by atoms with Crippen LogP contribution >= 0.6 is 0 Å². The number of rotatable bonds is 9. The van der Waals surface area contributed by atoms with Gasteiger partial charge in [0.05, 0.1) is 5.69 Å². The number of nitrogens with one attached hydrogen (secondary N) is 1. The highest BCUT2D eigenvalue weighted by molar-refractivity contribution is 5.51. The Bertz CT molecular complexity index is 507. The Morgan fingerprint density at radius 3 is 2.62 bits per heavy atom. The molecule has 0 bridgehead atoms. The number of hydrogen-bond donors (Lipinski definition) is 1. The number of anilines is 1. The molecule has 1 aromatic carbocycles. The van der Waals surface area contributed by atoms with E-state index < -0.39 is 0 Å². The van der Waals surface area contributed by atoms with Crippen molar-refractivity contribution in [1.29, 1.82) is 0 Å². The Labute approximate surface area is 127 Å². The van der Waals surface area contributed by atoms with Crippen LogP contribution in [-0.4, -0.2) is 20.8 Å². The van der Waals surface area contributed by atoms with E-state index in [0.29, 0.717) is 6.04 Å². The first-order valence-corrected chi connectivity index (χ1v) is 8.01. The van der Waals surface area contributed by atoms with E-state index in [-0.39, 0.29) is 0 Å². The molecule has 4 heteroatoms. The van der Waals surface area contributed by atoms with Crippen molar-refractivity contribution in [2.24, 2.45) is 0 Å². The fourth-order valence-electron chi connectivity index (χ4n) is 2.50. The van der Waals surface area contributed by atoms with Crippen LogP contribution in [0.3, 0.4) is 0 Å². The largest absolute Gasteiger partial charge is 0.383 e. The van der Waals surface area contributed by atoms with Crippen molar-refractivity contribution in [3.05, 3.63) is 36.9 Å². The molecule has 21 heavy (non-hydrogen) atoms. The van der Waals surface area contributed by atoms with Gasteiger partial charge in [0.1, 0.15) is 12.7 Å². The highest BCUT2D eigenvalue weighted by atomic mass is 15.2. The summed E-state index contributed by atoms with van der Waals surface area (Å²) in [5.41, 5.74) is 2.24. The molecule has 0 aliphatic heterocycles. The summed E-state index contributed by atoms with van der Waals surface area (Å²) in [5.74, 6) is 0. The first kappa shape index (κ1) is 15.5. The van der Waals surface area contributed by atoms with Gasteiger partial charge in [0.2, 0.25) is 0 Å². The molecule has 4 nitrogen and oxygen atoms in total. The monoisotopic (exact) mass is 286 g/mol. The highest BCUT2D eigenvalue weighted by Crippen LogP contribution is 2.16. The first-order valence-electron chi connectivity index (χ1n) is 8.01. The minimum atomic E-state index is 0.503. The van der Waals surface area contributed by atoms with Crippen LogP contribution in [0.25, 0.3) is 5.69 Å². The lowest BCUT2D eigenvalue weighted by atomic mass is 10.1. The second kappa shape index (κ2) is 8.45. The molecule has 0 aliphatic carbocycles. The molecule has 1 unspecified atom stereocenters. The van der Waals surface area contributed by atoms with Gasteiger partial charge in [0.15, 0.2) is 0 Å². The van der Waals surface area contributed by atoms with Gasteiger partial charge < -0.3 is 5.32 Å². The molecule has 1 atom stereocenters. The average molecular weight is 286 g/mol. The molecule has 0 aliphatic rings. The van der Waals surface area contributed by atoms with Gasteiger partial charge in [0, 0.05) is 11.7 Å². The summed E-state index contributed by atoms with van der Waals surface area (Å²) in [6.45, 7) is 4.51. The van der Waals surface area contributed by atoms with Crippen molar-refractivity contribution in [3.63, 3.8) is 0 Å². The van der Waals surface area contributed by atoms with Crippen molar-refractivity contribution in [1.82, 2.24) is 14.8 Å². The van der Waals surface area contributed by atoms with Gasteiger partial charge in [-0.3, -0.25) is 4.57 Å². The zero-order valence-corrected chi connectivity index (χ0v) is 13.1. The predicted octanol–water partition coefficient (Wildman–Crippen LogP) is 4.43. The van der Waals surface area contributed by atoms with Crippen LogP contribution in [0, 0.1) is 0 Å². The molecule has 2 aromatic rings. The van der Waals surface area contributed by atoms with E-state index >= 15 is 0 Å². The fraction of sp³-hybridized carbons (Fsp3) is 0.529. The third kappa shape index (κ3) is 5.21. The maximum atomic E-state index is 3.85. The van der Waals surface area contributed by atoms with Crippen molar-refractivity contribution >= 4 is 5.69 Å². The van der Waals surface area contributed by atoms with Crippen LogP contribution in [0.4, 0.5) is 5.69 Å². The van der Waals surface area contributed by atoms with E-state index in [2.05, 4.69) is 53.6 Å². The molecule has 0 amide bonds. The fourth-order valence-corrected chi connectivity index (χ4v) is 2.50. The van der Waals surface area contributed by atoms with Crippen LogP contribution in [-0.2, 0) is 0 Å². The summed E-state index contributed by atoms with van der Waals surface area (Å²) in [6, 6.07) is 8.87. The van der Waals surface area contributed by atoms with Crippen molar-refractivity contribution < 1.29 is 0 Å². The van der Waals surface area contributed by atoms with Crippen LogP contribution in [0.5, 0.6) is 0 Å². The molecule has 0 saturated heterocycles. The molecule has 2 rings (SSSR count). The normalized spacial score (nSPS) is 12.3. The Morgan fingerprint density at radius 2 is 1.86 bits per heavy atom. The number of aromatic nitrogens is 3. The van der Waals surface area contributed by atoms with Crippen LogP contribution in [0.15, 0.2) is 36.9 Å². The van der Waals surface area contributed by atoms with Crippen molar-refractivity contribution in [2.45, 2.75) is 58.4 Å². The highest BCUT2D eigenvalue weighted by Gasteiger charge is 2.03. The van der Waals surface area contributed by atoms with Crippen LogP contribution in [0.1, 0.15) is 52.4 Å². The summed E-state index contributed by atoms with van der Waals surface area (Å²) in [4.78, 5) is 0. The van der Waals surface area contributed by atoms with E-state index in [9.17, 15) is 0 Å². The molecule has 1 N–H and O–H groups in total. The molecular weight excluding hydrogens is 260 g/mol. The number of hydrogen-bond acceptors (Lipinski definition) is 3. The van der Waals surface area contributed by atoms with E-state index in [4.69, 9.17) is 0 Å². The smallest absolute Gasteiger partial charge is 0.123 e. The van der Waals surface area contributed by atoms with E-state index in [1.807, 2.05) is 4.57 Å². The molecule has 1 heterocycles. The minimum Gasteiger partial charge on any atom is -0.383 e. The molecular formula is C17H26N4. The Balaban J connectivity index is 1.81. The summed E-state index contributed by atoms with van der Waals surface area (Å²) in [6.07, 6.45) is 11.4. The quantitative estimate of drug-likeness (QED) is 0.693. The van der Waals surface area contributed by atoms with E-state index in [1.54, 1.807) is 12.7 Å². The van der Waals surface area contributed by atoms with Crippen LogP contribution < -0.4 is 5.32 Å². The van der Waals surface area contributed by atoms with E-state index in [0.717, 1.165) is 11.4 Å². The minimum absolute atomic E-state index is 0.503. The number of nitrogens with zero attached hydrogens (tertiary/aromatic N) is 3. The molecule has 0 fully saturated rings. The lowest BCUT2D eigenvalue weighted by Crippen LogP contribution is -2.15. The summed E-state index contributed by atoms with van der Waals surface area (Å²) >= 11 is 0.